The molecule has 0 aliphatic carbocycles. The number of rotatable bonds is 3. The van der Waals surface area contributed by atoms with Crippen LogP contribution in [-0.2, 0) is 16.0 Å². The number of carbonyl (C=O) groups excluding carboxylic acids is 1. The largest absolute Gasteiger partial charge is 0.368 e. The summed E-state index contributed by atoms with van der Waals surface area (Å²) in [4.78, 5) is 14.2. The van der Waals surface area contributed by atoms with Gasteiger partial charge in [-0.1, -0.05) is 22.0 Å². The topological polar surface area (TPSA) is 29.5 Å². The Bertz CT molecular complexity index is 453. The van der Waals surface area contributed by atoms with Gasteiger partial charge in [-0.15, -0.1) is 0 Å². The van der Waals surface area contributed by atoms with Gasteiger partial charge in [-0.25, -0.2) is 4.39 Å². The molecule has 0 N–H and O–H groups in total. The number of ether oxygens (including phenoxy) is 1. The molecule has 18 heavy (non-hydrogen) atoms. The number of ketones is 1. The van der Waals surface area contributed by atoms with Crippen LogP contribution in [0, 0.1) is 5.82 Å². The first-order chi connectivity index (χ1) is 8.56. The molecule has 1 aromatic rings. The van der Waals surface area contributed by atoms with E-state index in [2.05, 4.69) is 20.8 Å². The summed E-state index contributed by atoms with van der Waals surface area (Å²) in [5.41, 5.74) is 0.790. The molecule has 1 atom stereocenters. The van der Waals surface area contributed by atoms with Crippen LogP contribution in [0.25, 0.3) is 0 Å². The molecule has 1 unspecified atom stereocenters. The van der Waals surface area contributed by atoms with Crippen LogP contribution in [0.1, 0.15) is 5.56 Å². The van der Waals surface area contributed by atoms with E-state index in [1.165, 1.54) is 12.1 Å². The Kier molecular flexibility index (Phi) is 4.48. The van der Waals surface area contributed by atoms with E-state index < -0.39 is 0 Å². The summed E-state index contributed by atoms with van der Waals surface area (Å²) in [6, 6.07) is 4.36. The predicted octanol–water partition coefficient (Wildman–Crippen LogP) is 2.03. The monoisotopic (exact) mass is 315 g/mol. The zero-order valence-electron chi connectivity index (χ0n) is 10.2. The fourth-order valence-electron chi connectivity index (χ4n) is 1.94. The quantitative estimate of drug-likeness (QED) is 0.855. The minimum Gasteiger partial charge on any atom is -0.368 e. The first-order valence-electron chi connectivity index (χ1n) is 5.83. The lowest BCUT2D eigenvalue weighted by molar-refractivity contribution is -0.134. The lowest BCUT2D eigenvalue weighted by atomic mass is 10.0. The van der Waals surface area contributed by atoms with Gasteiger partial charge in [-0.05, 0) is 24.7 Å². The van der Waals surface area contributed by atoms with Crippen molar-refractivity contribution in [2.45, 2.75) is 12.5 Å². The van der Waals surface area contributed by atoms with Gasteiger partial charge in [-0.2, -0.15) is 0 Å². The second-order valence-corrected chi connectivity index (χ2v) is 5.35. The van der Waals surface area contributed by atoms with Crippen LogP contribution in [-0.4, -0.2) is 43.5 Å². The van der Waals surface area contributed by atoms with Crippen LogP contribution in [0.15, 0.2) is 22.7 Å². The third-order valence-electron chi connectivity index (χ3n) is 3.01. The number of carbonyl (C=O) groups is 1. The van der Waals surface area contributed by atoms with E-state index in [9.17, 15) is 9.18 Å². The third-order valence-corrected chi connectivity index (χ3v) is 3.75. The predicted molar refractivity (Wildman–Crippen MR) is 70.0 cm³/mol. The van der Waals surface area contributed by atoms with Gasteiger partial charge in [0.2, 0.25) is 0 Å². The highest BCUT2D eigenvalue weighted by Gasteiger charge is 2.25. The minimum absolute atomic E-state index is 0.0360. The van der Waals surface area contributed by atoms with Crippen LogP contribution in [0.4, 0.5) is 4.39 Å². The summed E-state index contributed by atoms with van der Waals surface area (Å²) >= 11 is 3.27. The molecule has 1 saturated heterocycles. The number of halogens is 2. The maximum Gasteiger partial charge on any atom is 0.167 e. The SMILES string of the molecule is CN1CCOC(C(=O)Cc2ccc(F)cc2Br)C1. The van der Waals surface area contributed by atoms with Gasteiger partial charge in [0.05, 0.1) is 6.61 Å². The number of Topliss-reactive ketones (excluding diaryl/α,β-unsaturated/α-hetero) is 1. The first-order valence-corrected chi connectivity index (χ1v) is 6.62. The molecule has 3 nitrogen and oxygen atoms in total. The van der Waals surface area contributed by atoms with Crippen molar-refractivity contribution in [3.05, 3.63) is 34.1 Å². The molecule has 1 heterocycles. The van der Waals surface area contributed by atoms with E-state index in [0.717, 1.165) is 12.1 Å². The molecule has 0 bridgehead atoms. The van der Waals surface area contributed by atoms with Crippen molar-refractivity contribution in [2.75, 3.05) is 26.7 Å². The van der Waals surface area contributed by atoms with E-state index >= 15 is 0 Å². The van der Waals surface area contributed by atoms with Crippen LogP contribution < -0.4 is 0 Å². The third kappa shape index (κ3) is 3.37. The van der Waals surface area contributed by atoms with Crippen LogP contribution in [0.5, 0.6) is 0 Å². The summed E-state index contributed by atoms with van der Waals surface area (Å²) in [5, 5.41) is 0. The molecular weight excluding hydrogens is 301 g/mol. The van der Waals surface area contributed by atoms with Gasteiger partial charge < -0.3 is 9.64 Å². The molecule has 2 rings (SSSR count). The molecule has 5 heteroatoms. The molecule has 0 amide bonds. The highest BCUT2D eigenvalue weighted by molar-refractivity contribution is 9.10. The zero-order chi connectivity index (χ0) is 13.1. The summed E-state index contributed by atoms with van der Waals surface area (Å²) < 4.78 is 19.0. The average molecular weight is 316 g/mol. The zero-order valence-corrected chi connectivity index (χ0v) is 11.7. The van der Waals surface area contributed by atoms with Gasteiger partial charge in [0.25, 0.3) is 0 Å². The fraction of sp³-hybridized carbons (Fsp3) is 0.462. The lowest BCUT2D eigenvalue weighted by Crippen LogP contribution is -2.44. The summed E-state index contributed by atoms with van der Waals surface area (Å²) in [6.07, 6.45) is -0.111. The van der Waals surface area contributed by atoms with Crippen molar-refractivity contribution >= 4 is 21.7 Å². The molecule has 0 aromatic heterocycles. The Morgan fingerprint density at radius 2 is 2.39 bits per heavy atom. The van der Waals surface area contributed by atoms with E-state index in [1.807, 2.05) is 7.05 Å². The van der Waals surface area contributed by atoms with Gasteiger partial charge in [0, 0.05) is 24.0 Å². The van der Waals surface area contributed by atoms with Crippen LogP contribution in [0.3, 0.4) is 0 Å². The average Bonchev–Trinajstić information content (AvgIpc) is 2.32. The molecule has 98 valence electrons. The van der Waals surface area contributed by atoms with E-state index in [1.54, 1.807) is 6.07 Å². The van der Waals surface area contributed by atoms with E-state index in [4.69, 9.17) is 4.74 Å². The fourth-order valence-corrected chi connectivity index (χ4v) is 2.43. The summed E-state index contributed by atoms with van der Waals surface area (Å²) in [7, 11) is 1.97. The molecule has 1 aliphatic heterocycles. The van der Waals surface area contributed by atoms with Crippen molar-refractivity contribution in [3.63, 3.8) is 0 Å². The normalized spacial score (nSPS) is 20.9. The van der Waals surface area contributed by atoms with Crippen LogP contribution >= 0.6 is 15.9 Å². The maximum atomic E-state index is 12.9. The second-order valence-electron chi connectivity index (χ2n) is 4.50. The van der Waals surface area contributed by atoms with Gasteiger partial charge in [0.15, 0.2) is 5.78 Å². The Balaban J connectivity index is 2.02. The van der Waals surface area contributed by atoms with E-state index in [-0.39, 0.29) is 24.1 Å². The second kappa shape index (κ2) is 5.91. The summed E-state index contributed by atoms with van der Waals surface area (Å²) in [5.74, 6) is -0.277. The number of hydrogen-bond acceptors (Lipinski definition) is 3. The van der Waals surface area contributed by atoms with Crippen molar-refractivity contribution < 1.29 is 13.9 Å². The Hall–Kier alpha value is -0.780. The molecule has 0 radical (unpaired) electrons. The lowest BCUT2D eigenvalue weighted by Gasteiger charge is -2.29. The number of likely N-dealkylation sites (N-methyl/N-ethyl adjacent to an activating group) is 1. The molecule has 1 aromatic carbocycles. The molecule has 1 fully saturated rings. The minimum atomic E-state index is -0.374. The van der Waals surface area contributed by atoms with Crippen LogP contribution in [0.2, 0.25) is 0 Å². The van der Waals surface area contributed by atoms with Crippen molar-refractivity contribution in [1.82, 2.24) is 4.90 Å². The standard InChI is InChI=1S/C13H15BrFNO2/c1-16-4-5-18-13(8-16)12(17)6-9-2-3-10(15)7-11(9)14/h2-3,7,13H,4-6,8H2,1H3. The van der Waals surface area contributed by atoms with Gasteiger partial charge in [0.1, 0.15) is 11.9 Å². The van der Waals surface area contributed by atoms with E-state index in [0.29, 0.717) is 17.6 Å². The van der Waals surface area contributed by atoms with Crippen molar-refractivity contribution in [3.8, 4) is 0 Å². The Labute approximate surface area is 114 Å². The maximum absolute atomic E-state index is 12.9. The number of nitrogens with zero attached hydrogens (tertiary/aromatic N) is 1. The number of morpholine rings is 1. The van der Waals surface area contributed by atoms with Crippen molar-refractivity contribution in [1.29, 1.82) is 0 Å². The Morgan fingerprint density at radius 1 is 1.61 bits per heavy atom. The molecule has 0 saturated carbocycles. The molecule has 1 aliphatic rings. The molecular formula is C13H15BrFNO2. The number of hydrogen-bond donors (Lipinski definition) is 0. The number of benzene rings is 1. The first kappa shape index (κ1) is 13.6. The molecule has 0 spiro atoms. The Morgan fingerprint density at radius 3 is 3.06 bits per heavy atom. The highest BCUT2D eigenvalue weighted by Crippen LogP contribution is 2.20. The summed E-state index contributed by atoms with van der Waals surface area (Å²) in [6.45, 7) is 2.05. The highest BCUT2D eigenvalue weighted by atomic mass is 79.9. The van der Waals surface area contributed by atoms with Gasteiger partial charge >= 0.3 is 0 Å². The smallest absolute Gasteiger partial charge is 0.167 e. The van der Waals surface area contributed by atoms with Gasteiger partial charge in [-0.3, -0.25) is 4.79 Å². The van der Waals surface area contributed by atoms with Crippen molar-refractivity contribution in [2.24, 2.45) is 0 Å².